The van der Waals surface area contributed by atoms with Crippen molar-refractivity contribution < 1.29 is 5.11 Å². The third kappa shape index (κ3) is 3.72. The van der Waals surface area contributed by atoms with Crippen molar-refractivity contribution in [3.8, 4) is 0 Å². The number of nitrogens with two attached hydrogens (primary N) is 1. The number of piperidine rings is 1. The second kappa shape index (κ2) is 6.57. The number of rotatable bonds is 4. The van der Waals surface area contributed by atoms with E-state index >= 15 is 0 Å². The summed E-state index contributed by atoms with van der Waals surface area (Å²) in [5.74, 6) is 0.456. The van der Waals surface area contributed by atoms with Crippen molar-refractivity contribution in [2.75, 3.05) is 13.1 Å². The van der Waals surface area contributed by atoms with Crippen LogP contribution < -0.4 is 5.73 Å². The molecule has 0 saturated carbocycles. The average Bonchev–Trinajstić information content (AvgIpc) is 2.41. The number of hydrogen-bond acceptors (Lipinski definition) is 3. The topological polar surface area (TPSA) is 73.3 Å². The van der Waals surface area contributed by atoms with Gasteiger partial charge in [-0.3, -0.25) is 10.3 Å². The molecule has 1 aliphatic heterocycles. The molecule has 1 aromatic carbocycles. The van der Waals surface area contributed by atoms with E-state index in [0.717, 1.165) is 38.0 Å². The first-order chi connectivity index (χ1) is 9.47. The molecule has 1 aromatic rings. The Balaban J connectivity index is 1.96. The molecule has 0 aromatic heterocycles. The van der Waals surface area contributed by atoms with Gasteiger partial charge in [-0.2, -0.15) is 0 Å². The Morgan fingerprint density at radius 1 is 1.50 bits per heavy atom. The number of hydrogen-bond donors (Lipinski definition) is 3. The van der Waals surface area contributed by atoms with E-state index in [1.807, 2.05) is 19.1 Å². The van der Waals surface area contributed by atoms with Crippen molar-refractivity contribution in [2.24, 2.45) is 11.7 Å². The highest BCUT2D eigenvalue weighted by atomic mass is 35.5. The first-order valence-corrected chi connectivity index (χ1v) is 7.38. The van der Waals surface area contributed by atoms with E-state index in [1.165, 1.54) is 0 Å². The first-order valence-electron chi connectivity index (χ1n) is 7.00. The normalized spacial score (nSPS) is 18.9. The predicted octanol–water partition coefficient (Wildman–Crippen LogP) is 2.22. The number of halogens is 1. The summed E-state index contributed by atoms with van der Waals surface area (Å²) in [6.07, 6.45) is 1.84. The monoisotopic (exact) mass is 295 g/mol. The molecule has 0 amide bonds. The van der Waals surface area contributed by atoms with Crippen LogP contribution in [0.25, 0.3) is 0 Å². The summed E-state index contributed by atoms with van der Waals surface area (Å²) in [7, 11) is 0. The Hall–Kier alpha value is -1.10. The molecule has 20 heavy (non-hydrogen) atoms. The van der Waals surface area contributed by atoms with Crippen LogP contribution >= 0.6 is 11.6 Å². The maximum Gasteiger partial charge on any atom is 0.122 e. The van der Waals surface area contributed by atoms with E-state index in [1.54, 1.807) is 6.07 Å². The fourth-order valence-electron chi connectivity index (χ4n) is 2.68. The average molecular weight is 296 g/mol. The standard InChI is InChI=1S/C15H22ClN3O/c1-10(20)11-4-6-19(7-5-11)9-13-3-2-12(15(17)18)8-14(13)16/h2-3,8,10-11,20H,4-7,9H2,1H3,(H3,17,18). The van der Waals surface area contributed by atoms with Gasteiger partial charge in [0.1, 0.15) is 5.84 Å². The molecule has 1 unspecified atom stereocenters. The predicted molar refractivity (Wildman–Crippen MR) is 82.1 cm³/mol. The molecule has 2 rings (SSSR count). The molecule has 1 atom stereocenters. The van der Waals surface area contributed by atoms with Crippen molar-refractivity contribution in [1.82, 2.24) is 4.90 Å². The van der Waals surface area contributed by atoms with Crippen molar-refractivity contribution in [2.45, 2.75) is 32.4 Å². The maximum absolute atomic E-state index is 9.61. The number of benzene rings is 1. The van der Waals surface area contributed by atoms with Crippen molar-refractivity contribution in [3.05, 3.63) is 34.3 Å². The Bertz CT molecular complexity index is 482. The van der Waals surface area contributed by atoms with E-state index in [4.69, 9.17) is 22.7 Å². The lowest BCUT2D eigenvalue weighted by atomic mass is 9.92. The number of nitrogens with one attached hydrogen (secondary N) is 1. The van der Waals surface area contributed by atoms with Gasteiger partial charge in [-0.25, -0.2) is 0 Å². The van der Waals surface area contributed by atoms with Crippen LogP contribution in [0.4, 0.5) is 0 Å². The van der Waals surface area contributed by atoms with E-state index < -0.39 is 0 Å². The minimum absolute atomic E-state index is 0.0381. The summed E-state index contributed by atoms with van der Waals surface area (Å²) in [5, 5.41) is 17.7. The van der Waals surface area contributed by atoms with Crippen LogP contribution in [0.5, 0.6) is 0 Å². The molecule has 1 aliphatic rings. The highest BCUT2D eigenvalue weighted by molar-refractivity contribution is 6.31. The highest BCUT2D eigenvalue weighted by Gasteiger charge is 2.22. The zero-order chi connectivity index (χ0) is 14.7. The smallest absolute Gasteiger partial charge is 0.122 e. The second-order valence-electron chi connectivity index (χ2n) is 5.57. The molecular weight excluding hydrogens is 274 g/mol. The summed E-state index contributed by atoms with van der Waals surface area (Å²) < 4.78 is 0. The van der Waals surface area contributed by atoms with Crippen LogP contribution in [0.2, 0.25) is 5.02 Å². The fourth-order valence-corrected chi connectivity index (χ4v) is 2.92. The number of nitrogens with zero attached hydrogens (tertiary/aromatic N) is 1. The number of likely N-dealkylation sites (tertiary alicyclic amines) is 1. The number of nitrogen functional groups attached to an aromatic ring is 1. The Morgan fingerprint density at radius 3 is 2.65 bits per heavy atom. The zero-order valence-electron chi connectivity index (χ0n) is 11.8. The Kier molecular flexibility index (Phi) is 5.02. The summed E-state index contributed by atoms with van der Waals surface area (Å²) in [4.78, 5) is 2.35. The van der Waals surface area contributed by atoms with Gasteiger partial charge in [0, 0.05) is 17.1 Å². The van der Waals surface area contributed by atoms with Crippen LogP contribution in [-0.2, 0) is 6.54 Å². The molecule has 110 valence electrons. The quantitative estimate of drug-likeness (QED) is 0.589. The Labute approximate surface area is 125 Å². The molecule has 4 nitrogen and oxygen atoms in total. The Morgan fingerprint density at radius 2 is 2.15 bits per heavy atom. The first kappa shape index (κ1) is 15.3. The van der Waals surface area contributed by atoms with Gasteiger partial charge in [0.15, 0.2) is 0 Å². The van der Waals surface area contributed by atoms with Crippen molar-refractivity contribution in [3.63, 3.8) is 0 Å². The molecule has 0 radical (unpaired) electrons. The lowest BCUT2D eigenvalue weighted by Crippen LogP contribution is -2.36. The molecule has 1 saturated heterocycles. The van der Waals surface area contributed by atoms with Gasteiger partial charge in [0.05, 0.1) is 6.10 Å². The third-order valence-corrected chi connectivity index (χ3v) is 4.42. The lowest BCUT2D eigenvalue weighted by Gasteiger charge is -2.33. The molecule has 0 spiro atoms. The van der Waals surface area contributed by atoms with E-state index in [2.05, 4.69) is 4.90 Å². The van der Waals surface area contributed by atoms with Gasteiger partial charge in [0.2, 0.25) is 0 Å². The van der Waals surface area contributed by atoms with Gasteiger partial charge in [0.25, 0.3) is 0 Å². The largest absolute Gasteiger partial charge is 0.393 e. The van der Waals surface area contributed by atoms with Gasteiger partial charge in [-0.05, 0) is 50.4 Å². The summed E-state index contributed by atoms with van der Waals surface area (Å²) in [6.45, 7) is 4.65. The highest BCUT2D eigenvalue weighted by Crippen LogP contribution is 2.24. The van der Waals surface area contributed by atoms with E-state index in [-0.39, 0.29) is 11.9 Å². The van der Waals surface area contributed by atoms with Gasteiger partial charge >= 0.3 is 0 Å². The number of aliphatic hydroxyl groups excluding tert-OH is 1. The van der Waals surface area contributed by atoms with Gasteiger partial charge in [-0.1, -0.05) is 23.7 Å². The fraction of sp³-hybridized carbons (Fsp3) is 0.533. The zero-order valence-corrected chi connectivity index (χ0v) is 12.5. The third-order valence-electron chi connectivity index (χ3n) is 4.07. The van der Waals surface area contributed by atoms with Crippen LogP contribution in [0.1, 0.15) is 30.9 Å². The molecule has 1 fully saturated rings. The summed E-state index contributed by atoms with van der Waals surface area (Å²) in [5.41, 5.74) is 7.17. The summed E-state index contributed by atoms with van der Waals surface area (Å²) >= 11 is 6.25. The molecule has 5 heteroatoms. The van der Waals surface area contributed by atoms with Crippen LogP contribution in [0.15, 0.2) is 18.2 Å². The second-order valence-corrected chi connectivity index (χ2v) is 5.98. The molecule has 0 aliphatic carbocycles. The van der Waals surface area contributed by atoms with Crippen LogP contribution in [0, 0.1) is 11.3 Å². The number of amidine groups is 1. The van der Waals surface area contributed by atoms with Gasteiger partial charge < -0.3 is 10.8 Å². The molecule has 4 N–H and O–H groups in total. The van der Waals surface area contributed by atoms with E-state index in [0.29, 0.717) is 16.5 Å². The minimum atomic E-state index is -0.212. The van der Waals surface area contributed by atoms with Crippen molar-refractivity contribution in [1.29, 1.82) is 5.41 Å². The molecule has 1 heterocycles. The lowest BCUT2D eigenvalue weighted by molar-refractivity contribution is 0.0695. The maximum atomic E-state index is 9.61. The SMILES string of the molecule is CC(O)C1CCN(Cc2ccc(C(=N)N)cc2Cl)CC1. The van der Waals surface area contributed by atoms with Crippen LogP contribution in [0.3, 0.4) is 0 Å². The number of aliphatic hydroxyl groups is 1. The minimum Gasteiger partial charge on any atom is -0.393 e. The summed E-state index contributed by atoms with van der Waals surface area (Å²) in [6, 6.07) is 5.54. The van der Waals surface area contributed by atoms with Crippen molar-refractivity contribution >= 4 is 17.4 Å². The van der Waals surface area contributed by atoms with Gasteiger partial charge in [-0.15, -0.1) is 0 Å². The molecular formula is C15H22ClN3O. The molecule has 0 bridgehead atoms. The van der Waals surface area contributed by atoms with E-state index in [9.17, 15) is 5.11 Å². The van der Waals surface area contributed by atoms with Crippen LogP contribution in [-0.4, -0.2) is 35.0 Å².